The molecule has 3 N–H and O–H groups in total. The summed E-state index contributed by atoms with van der Waals surface area (Å²) in [5.41, 5.74) is 1.68. The van der Waals surface area contributed by atoms with Crippen LogP contribution in [0.25, 0.3) is 0 Å². The highest BCUT2D eigenvalue weighted by molar-refractivity contribution is 7.75. The Bertz CT molecular complexity index is 1650. The summed E-state index contributed by atoms with van der Waals surface area (Å²) in [4.78, 5) is 38.2. The lowest BCUT2D eigenvalue weighted by Gasteiger charge is -2.22. The second-order valence-electron chi connectivity index (χ2n) is 9.81. The van der Waals surface area contributed by atoms with E-state index < -0.39 is 17.9 Å². The van der Waals surface area contributed by atoms with Gasteiger partial charge in [0.1, 0.15) is 13.2 Å². The first-order valence-electron chi connectivity index (χ1n) is 13.4. The quantitative estimate of drug-likeness (QED) is 0.0929. The number of thiol groups is 1. The molecule has 0 radical (unpaired) electrons. The van der Waals surface area contributed by atoms with E-state index in [0.29, 0.717) is 17.6 Å². The second-order valence-corrected chi connectivity index (χ2v) is 9.99. The number of ether oxygens (including phenoxy) is 5. The van der Waals surface area contributed by atoms with Crippen LogP contribution in [0.3, 0.4) is 0 Å². The fourth-order valence-corrected chi connectivity index (χ4v) is 4.57. The molecule has 0 aliphatic heterocycles. The van der Waals surface area contributed by atoms with Crippen molar-refractivity contribution in [3.63, 3.8) is 0 Å². The Labute approximate surface area is 263 Å². The van der Waals surface area contributed by atoms with Crippen molar-refractivity contribution in [1.29, 1.82) is 0 Å². The molecule has 4 rings (SSSR count). The maximum absolute atomic E-state index is 12.7. The minimum Gasteiger partial charge on any atom is -0.504 e. The van der Waals surface area contributed by atoms with Crippen molar-refractivity contribution in [2.45, 2.75) is 6.42 Å². The van der Waals surface area contributed by atoms with Crippen LogP contribution in [0.1, 0.15) is 37.5 Å². The second kappa shape index (κ2) is 14.9. The van der Waals surface area contributed by atoms with Gasteiger partial charge in [-0.3, -0.25) is 0 Å². The Morgan fingerprint density at radius 3 is 1.69 bits per heavy atom. The molecule has 3 aromatic rings. The van der Waals surface area contributed by atoms with Gasteiger partial charge in [0.25, 0.3) is 0 Å². The van der Waals surface area contributed by atoms with Crippen LogP contribution < -0.4 is 13.7 Å². The molecule has 0 aromatic heterocycles. The lowest BCUT2D eigenvalue weighted by molar-refractivity contribution is 0.0458. The first-order valence-corrected chi connectivity index (χ1v) is 13.8. The summed E-state index contributed by atoms with van der Waals surface area (Å²) in [6.45, 7) is -0.336. The number of aromatic hydroxyl groups is 3. The summed E-state index contributed by atoms with van der Waals surface area (Å²) in [5.74, 6) is -2.61. The number of phenolic OH excluding ortho intramolecular Hbond substituents is 3. The standard InChI is InChI=1S/C32H30O12S/c1-39-27-12-21(3-6-24(27)33)30(36)41-15-18-9-19(16-42-31(37)22-4-7-25(34)28(13-22)40-2)11-20(10-18)17-43-32(38)23-5-8-26(35)29(14-23)44-45/h3-10,12-14,20,33-35,45H,11,15-17H2,1-2H3. The summed E-state index contributed by atoms with van der Waals surface area (Å²) in [5, 5.41) is 29.4. The van der Waals surface area contributed by atoms with Crippen molar-refractivity contribution < 1.29 is 57.6 Å². The first kappa shape index (κ1) is 32.6. The average Bonchev–Trinajstić information content (AvgIpc) is 3.05. The van der Waals surface area contributed by atoms with Crippen molar-refractivity contribution in [3.05, 3.63) is 94.6 Å². The van der Waals surface area contributed by atoms with E-state index in [-0.39, 0.29) is 76.9 Å². The average molecular weight is 639 g/mol. The molecule has 1 aliphatic rings. The van der Waals surface area contributed by atoms with Crippen LogP contribution >= 0.6 is 12.9 Å². The summed E-state index contributed by atoms with van der Waals surface area (Å²) in [6, 6.07) is 12.1. The summed E-state index contributed by atoms with van der Waals surface area (Å²) in [7, 11) is 2.72. The first-order chi connectivity index (χ1) is 21.6. The van der Waals surface area contributed by atoms with Gasteiger partial charge < -0.3 is 43.2 Å². The van der Waals surface area contributed by atoms with Crippen molar-refractivity contribution in [2.75, 3.05) is 34.0 Å². The number of carbonyl (C=O) groups excluding carboxylic acids is 3. The zero-order valence-corrected chi connectivity index (χ0v) is 25.1. The number of esters is 3. The number of rotatable bonds is 12. The Hall–Kier alpha value is -5.30. The van der Waals surface area contributed by atoms with Gasteiger partial charge in [-0.05, 0) is 66.1 Å². The summed E-state index contributed by atoms with van der Waals surface area (Å²) >= 11 is 3.66. The Balaban J connectivity index is 1.47. The fourth-order valence-electron chi connectivity index (χ4n) is 4.43. The molecular weight excluding hydrogens is 608 g/mol. The monoisotopic (exact) mass is 638 g/mol. The van der Waals surface area contributed by atoms with Crippen molar-refractivity contribution in [2.24, 2.45) is 5.92 Å². The molecule has 0 saturated heterocycles. The number of hydrogen-bond acceptors (Lipinski definition) is 13. The number of phenols is 3. The van der Waals surface area contributed by atoms with Crippen LogP contribution in [0.5, 0.6) is 34.5 Å². The molecule has 1 unspecified atom stereocenters. The van der Waals surface area contributed by atoms with Gasteiger partial charge >= 0.3 is 17.9 Å². The summed E-state index contributed by atoms with van der Waals surface area (Å²) in [6.07, 6.45) is 3.86. The van der Waals surface area contributed by atoms with E-state index in [0.717, 1.165) is 0 Å². The van der Waals surface area contributed by atoms with Gasteiger partial charge in [0, 0.05) is 24.9 Å². The lowest BCUT2D eigenvalue weighted by atomic mass is 9.91. The van der Waals surface area contributed by atoms with E-state index in [4.69, 9.17) is 27.9 Å². The molecule has 236 valence electrons. The van der Waals surface area contributed by atoms with E-state index in [9.17, 15) is 29.7 Å². The van der Waals surface area contributed by atoms with Crippen LogP contribution in [-0.2, 0) is 14.2 Å². The highest BCUT2D eigenvalue weighted by Gasteiger charge is 2.22. The molecular formula is C32H30O12S. The molecule has 0 heterocycles. The maximum Gasteiger partial charge on any atom is 0.338 e. The molecule has 45 heavy (non-hydrogen) atoms. The highest BCUT2D eigenvalue weighted by atomic mass is 32.1. The van der Waals surface area contributed by atoms with E-state index in [2.05, 4.69) is 12.9 Å². The van der Waals surface area contributed by atoms with Gasteiger partial charge in [0.2, 0.25) is 0 Å². The number of methoxy groups -OCH3 is 2. The fraction of sp³-hybridized carbons (Fsp3) is 0.219. The Kier molecular flexibility index (Phi) is 10.8. The maximum atomic E-state index is 12.7. The van der Waals surface area contributed by atoms with Crippen LogP contribution in [0.4, 0.5) is 0 Å². The predicted molar refractivity (Wildman–Crippen MR) is 162 cm³/mol. The molecule has 0 saturated carbocycles. The predicted octanol–water partition coefficient (Wildman–Crippen LogP) is 4.79. The molecule has 0 amide bonds. The minimum absolute atomic E-state index is 0.0148. The topological polar surface area (TPSA) is 167 Å². The minimum atomic E-state index is -0.673. The van der Waals surface area contributed by atoms with Crippen LogP contribution in [0, 0.1) is 5.92 Å². The number of benzene rings is 3. The van der Waals surface area contributed by atoms with Crippen LogP contribution in [0.2, 0.25) is 0 Å². The van der Waals surface area contributed by atoms with Crippen molar-refractivity contribution >= 4 is 30.8 Å². The van der Waals surface area contributed by atoms with Gasteiger partial charge in [-0.1, -0.05) is 12.2 Å². The molecule has 0 bridgehead atoms. The molecule has 0 fully saturated rings. The van der Waals surface area contributed by atoms with E-state index in [1.54, 1.807) is 12.2 Å². The Morgan fingerprint density at radius 1 is 0.711 bits per heavy atom. The normalized spacial score (nSPS) is 14.0. The largest absolute Gasteiger partial charge is 0.504 e. The molecule has 12 nitrogen and oxygen atoms in total. The third-order valence-electron chi connectivity index (χ3n) is 6.68. The molecule has 0 spiro atoms. The van der Waals surface area contributed by atoms with Crippen molar-refractivity contribution in [3.8, 4) is 34.5 Å². The van der Waals surface area contributed by atoms with Gasteiger partial charge in [-0.15, -0.1) is 0 Å². The lowest BCUT2D eigenvalue weighted by Crippen LogP contribution is -2.19. The summed E-state index contributed by atoms with van der Waals surface area (Å²) < 4.78 is 31.3. The number of carbonyl (C=O) groups is 3. The van der Waals surface area contributed by atoms with E-state index in [1.807, 2.05) is 0 Å². The third-order valence-corrected chi connectivity index (χ3v) is 6.87. The molecule has 3 aromatic carbocycles. The smallest absolute Gasteiger partial charge is 0.338 e. The van der Waals surface area contributed by atoms with Gasteiger partial charge in [-0.25, -0.2) is 14.4 Å². The Morgan fingerprint density at radius 2 is 1.18 bits per heavy atom. The molecule has 1 atom stereocenters. The van der Waals surface area contributed by atoms with Gasteiger partial charge in [0.05, 0.1) is 37.5 Å². The molecule has 13 heteroatoms. The zero-order valence-electron chi connectivity index (χ0n) is 24.2. The van der Waals surface area contributed by atoms with Crippen LogP contribution in [0.15, 0.2) is 77.9 Å². The zero-order chi connectivity index (χ0) is 32.5. The SMILES string of the molecule is COc1cc(C(=O)OCC2=CC(COC(=O)c3ccc(O)c(OS)c3)CC(COC(=O)c3ccc(O)c(OC)c3)=C2)ccc1O. The van der Waals surface area contributed by atoms with Crippen LogP contribution in [-0.4, -0.2) is 67.3 Å². The van der Waals surface area contributed by atoms with E-state index in [1.165, 1.54) is 68.8 Å². The number of hydrogen-bond donors (Lipinski definition) is 4. The van der Waals surface area contributed by atoms with Gasteiger partial charge in [-0.2, -0.15) is 0 Å². The highest BCUT2D eigenvalue weighted by Crippen LogP contribution is 2.30. The molecule has 1 aliphatic carbocycles. The third kappa shape index (κ3) is 8.42. The van der Waals surface area contributed by atoms with Crippen molar-refractivity contribution in [1.82, 2.24) is 0 Å². The van der Waals surface area contributed by atoms with E-state index >= 15 is 0 Å². The van der Waals surface area contributed by atoms with Gasteiger partial charge in [0.15, 0.2) is 34.5 Å².